The minimum atomic E-state index is -0.202. The fourth-order valence-electron chi connectivity index (χ4n) is 6.02. The zero-order chi connectivity index (χ0) is 20.6. The highest BCUT2D eigenvalue weighted by Gasteiger charge is 2.52. The van der Waals surface area contributed by atoms with E-state index in [1.54, 1.807) is 0 Å². The monoisotopic (exact) mass is 390 g/mol. The molecule has 0 bridgehead atoms. The number of hydrogen-bond donors (Lipinski definition) is 0. The van der Waals surface area contributed by atoms with Gasteiger partial charge < -0.3 is 9.53 Å². The van der Waals surface area contributed by atoms with Gasteiger partial charge in [-0.25, -0.2) is 0 Å². The number of carbonyl (C=O) groups is 1. The van der Waals surface area contributed by atoms with Gasteiger partial charge in [-0.15, -0.1) is 0 Å². The molecule has 1 fully saturated rings. The summed E-state index contributed by atoms with van der Waals surface area (Å²) in [5, 5.41) is 0. The highest BCUT2D eigenvalue weighted by Crippen LogP contribution is 2.57. The number of hydrogen-bond acceptors (Lipinski definition) is 2. The van der Waals surface area contributed by atoms with Crippen LogP contribution in [0.25, 0.3) is 0 Å². The van der Waals surface area contributed by atoms with Crippen molar-refractivity contribution in [2.75, 3.05) is 0 Å². The van der Waals surface area contributed by atoms with Crippen molar-refractivity contribution >= 4 is 6.29 Å². The Morgan fingerprint density at radius 2 is 1.90 bits per heavy atom. The number of carbonyl (C=O) groups excluding carboxylic acids is 1. The SMILES string of the molecule is CC(C)c1cc2c(cc1OCc1ccccc1)[C@@]1(C)CCC[C@@](C)(C=O)C1CC2. The van der Waals surface area contributed by atoms with Gasteiger partial charge in [0.2, 0.25) is 0 Å². The van der Waals surface area contributed by atoms with E-state index in [0.29, 0.717) is 18.4 Å². The fourth-order valence-corrected chi connectivity index (χ4v) is 6.02. The van der Waals surface area contributed by atoms with Gasteiger partial charge in [0.25, 0.3) is 0 Å². The standard InChI is InChI=1S/C27H34O2/c1-19(2)22-15-21-11-12-25-26(3,18-28)13-8-14-27(25,4)23(21)16-24(22)29-17-20-9-6-5-7-10-20/h5-7,9-10,15-16,18-19,25H,8,11-14,17H2,1-4H3/t25?,26-,27+/m0/s1. The molecule has 2 aromatic carbocycles. The maximum Gasteiger partial charge on any atom is 0.126 e. The Kier molecular flexibility index (Phi) is 5.31. The zero-order valence-electron chi connectivity index (χ0n) is 18.3. The molecule has 0 heterocycles. The minimum absolute atomic E-state index is 0.0574. The van der Waals surface area contributed by atoms with Gasteiger partial charge in [-0.05, 0) is 71.3 Å². The quantitative estimate of drug-likeness (QED) is 0.538. The average molecular weight is 391 g/mol. The predicted octanol–water partition coefficient (Wildman–Crippen LogP) is 6.60. The topological polar surface area (TPSA) is 26.3 Å². The summed E-state index contributed by atoms with van der Waals surface area (Å²) in [4.78, 5) is 12.0. The first kappa shape index (κ1) is 20.2. The molecule has 4 rings (SSSR count). The van der Waals surface area contributed by atoms with Crippen molar-refractivity contribution in [1.29, 1.82) is 0 Å². The molecule has 0 N–H and O–H groups in total. The summed E-state index contributed by atoms with van der Waals surface area (Å²) in [6, 6.07) is 15.1. The van der Waals surface area contributed by atoms with Gasteiger partial charge in [0.05, 0.1) is 0 Å². The van der Waals surface area contributed by atoms with Gasteiger partial charge in [0.15, 0.2) is 0 Å². The molecule has 2 aliphatic rings. The van der Waals surface area contributed by atoms with Gasteiger partial charge in [0, 0.05) is 5.41 Å². The molecule has 0 saturated heterocycles. The third kappa shape index (κ3) is 3.52. The second-order valence-electron chi connectivity index (χ2n) is 9.96. The summed E-state index contributed by atoms with van der Waals surface area (Å²) in [6.07, 6.45) is 6.72. The van der Waals surface area contributed by atoms with Crippen LogP contribution in [0.3, 0.4) is 0 Å². The van der Waals surface area contributed by atoms with E-state index < -0.39 is 0 Å². The number of fused-ring (bicyclic) bond motifs is 3. The van der Waals surface area contributed by atoms with E-state index in [1.165, 1.54) is 28.5 Å². The second-order valence-corrected chi connectivity index (χ2v) is 9.96. The summed E-state index contributed by atoms with van der Waals surface area (Å²) in [5.41, 5.74) is 5.24. The molecule has 2 aromatic rings. The van der Waals surface area contributed by atoms with E-state index in [1.807, 2.05) is 6.07 Å². The van der Waals surface area contributed by atoms with Crippen LogP contribution in [0.2, 0.25) is 0 Å². The highest BCUT2D eigenvalue weighted by molar-refractivity contribution is 5.61. The van der Waals surface area contributed by atoms with Gasteiger partial charge >= 0.3 is 0 Å². The number of benzene rings is 2. The lowest BCUT2D eigenvalue weighted by Gasteiger charge is -2.53. The molecule has 2 nitrogen and oxygen atoms in total. The van der Waals surface area contributed by atoms with Crippen LogP contribution in [-0.2, 0) is 23.2 Å². The normalized spacial score (nSPS) is 28.5. The van der Waals surface area contributed by atoms with Crippen molar-refractivity contribution in [3.05, 3.63) is 64.7 Å². The summed E-state index contributed by atoms with van der Waals surface area (Å²) in [7, 11) is 0. The lowest BCUT2D eigenvalue weighted by atomic mass is 9.50. The van der Waals surface area contributed by atoms with Crippen molar-refractivity contribution in [3.8, 4) is 5.75 Å². The Morgan fingerprint density at radius 3 is 2.59 bits per heavy atom. The molecule has 154 valence electrons. The average Bonchev–Trinajstić information content (AvgIpc) is 2.72. The van der Waals surface area contributed by atoms with Gasteiger partial charge in [-0.3, -0.25) is 0 Å². The molecular weight excluding hydrogens is 356 g/mol. The maximum atomic E-state index is 12.0. The Balaban J connectivity index is 1.74. The summed E-state index contributed by atoms with van der Waals surface area (Å²) < 4.78 is 6.38. The molecule has 1 saturated carbocycles. The summed E-state index contributed by atoms with van der Waals surface area (Å²) in [6.45, 7) is 9.66. The van der Waals surface area contributed by atoms with Crippen LogP contribution < -0.4 is 4.74 Å². The first-order valence-corrected chi connectivity index (χ1v) is 11.2. The number of ether oxygens (including phenoxy) is 1. The van der Waals surface area contributed by atoms with Crippen molar-refractivity contribution in [2.45, 2.75) is 77.7 Å². The lowest BCUT2D eigenvalue weighted by Crippen LogP contribution is -2.49. The van der Waals surface area contributed by atoms with E-state index in [4.69, 9.17) is 4.74 Å². The zero-order valence-corrected chi connectivity index (χ0v) is 18.3. The molecule has 0 amide bonds. The smallest absolute Gasteiger partial charge is 0.126 e. The van der Waals surface area contributed by atoms with Crippen molar-refractivity contribution in [2.24, 2.45) is 11.3 Å². The van der Waals surface area contributed by atoms with Crippen molar-refractivity contribution < 1.29 is 9.53 Å². The van der Waals surface area contributed by atoms with Crippen molar-refractivity contribution in [1.82, 2.24) is 0 Å². The predicted molar refractivity (Wildman–Crippen MR) is 118 cm³/mol. The number of aldehydes is 1. The largest absolute Gasteiger partial charge is 0.489 e. The van der Waals surface area contributed by atoms with Gasteiger partial charge in [-0.1, -0.05) is 70.5 Å². The maximum absolute atomic E-state index is 12.0. The van der Waals surface area contributed by atoms with Crippen LogP contribution in [-0.4, -0.2) is 6.29 Å². The molecule has 3 atom stereocenters. The molecule has 0 radical (unpaired) electrons. The first-order valence-electron chi connectivity index (χ1n) is 11.2. The third-order valence-corrected chi connectivity index (χ3v) is 7.66. The van der Waals surface area contributed by atoms with E-state index in [0.717, 1.165) is 37.9 Å². The Bertz CT molecular complexity index is 885. The van der Waals surface area contributed by atoms with Crippen LogP contribution in [0.1, 0.15) is 81.5 Å². The van der Waals surface area contributed by atoms with Crippen LogP contribution in [0.15, 0.2) is 42.5 Å². The third-order valence-electron chi connectivity index (χ3n) is 7.66. The molecule has 0 aliphatic heterocycles. The molecule has 0 aromatic heterocycles. The molecular formula is C27H34O2. The van der Waals surface area contributed by atoms with Crippen LogP contribution >= 0.6 is 0 Å². The van der Waals surface area contributed by atoms with Crippen molar-refractivity contribution in [3.63, 3.8) is 0 Å². The number of rotatable bonds is 5. The molecule has 2 heteroatoms. The van der Waals surface area contributed by atoms with Crippen LogP contribution in [0.5, 0.6) is 5.75 Å². The molecule has 1 unspecified atom stereocenters. The van der Waals surface area contributed by atoms with Gasteiger partial charge in [0.1, 0.15) is 18.6 Å². The molecule has 2 aliphatic carbocycles. The Hall–Kier alpha value is -2.09. The molecule has 0 spiro atoms. The number of aryl methyl sites for hydroxylation is 1. The molecule has 29 heavy (non-hydrogen) atoms. The van der Waals surface area contributed by atoms with E-state index in [-0.39, 0.29) is 10.8 Å². The minimum Gasteiger partial charge on any atom is -0.489 e. The van der Waals surface area contributed by atoms with Gasteiger partial charge in [-0.2, -0.15) is 0 Å². The first-order chi connectivity index (χ1) is 13.9. The van der Waals surface area contributed by atoms with Crippen LogP contribution in [0.4, 0.5) is 0 Å². The van der Waals surface area contributed by atoms with Crippen LogP contribution in [0, 0.1) is 11.3 Å². The fraction of sp³-hybridized carbons (Fsp3) is 0.519. The second kappa shape index (κ2) is 7.63. The summed E-state index contributed by atoms with van der Waals surface area (Å²) in [5.74, 6) is 1.85. The van der Waals surface area contributed by atoms with E-state index in [9.17, 15) is 4.79 Å². The highest BCUT2D eigenvalue weighted by atomic mass is 16.5. The lowest BCUT2D eigenvalue weighted by molar-refractivity contribution is -0.123. The Labute approximate surface area is 175 Å². The van der Waals surface area contributed by atoms with E-state index in [2.05, 4.69) is 64.1 Å². The Morgan fingerprint density at radius 1 is 1.14 bits per heavy atom. The van der Waals surface area contributed by atoms with E-state index >= 15 is 0 Å². The summed E-state index contributed by atoms with van der Waals surface area (Å²) >= 11 is 0.